The second kappa shape index (κ2) is 4.62. The number of rotatable bonds is 3. The molecule has 0 spiro atoms. The van der Waals surface area contributed by atoms with Crippen molar-refractivity contribution < 1.29 is 13.9 Å². The number of carbonyl (C=O) groups is 1. The van der Waals surface area contributed by atoms with Gasteiger partial charge >= 0.3 is 0 Å². The minimum atomic E-state index is -0.251. The molecule has 0 N–H and O–H groups in total. The third-order valence-electron chi connectivity index (χ3n) is 2.79. The van der Waals surface area contributed by atoms with Crippen LogP contribution in [0.3, 0.4) is 0 Å². The first-order valence-corrected chi connectivity index (χ1v) is 5.53. The van der Waals surface area contributed by atoms with Gasteiger partial charge in [-0.1, -0.05) is 6.92 Å². The lowest BCUT2D eigenvalue weighted by molar-refractivity contribution is -0.128. The topological polar surface area (TPSA) is 39.4 Å². The summed E-state index contributed by atoms with van der Waals surface area (Å²) in [5.74, 6) is 1.83. The van der Waals surface area contributed by atoms with Gasteiger partial charge in [0.25, 0.3) is 0 Å². The third kappa shape index (κ3) is 2.29. The van der Waals surface area contributed by atoms with Gasteiger partial charge < -0.3 is 13.9 Å². The number of carbonyl (C=O) groups excluding carboxylic acids is 1. The Morgan fingerprint density at radius 3 is 3.00 bits per heavy atom. The summed E-state index contributed by atoms with van der Waals surface area (Å²) >= 11 is 0. The Kier molecular flexibility index (Phi) is 3.21. The van der Waals surface area contributed by atoms with Gasteiger partial charge in [-0.15, -0.1) is 0 Å². The van der Waals surface area contributed by atoms with E-state index >= 15 is 0 Å². The Bertz CT molecular complexity index is 329. The normalized spacial score (nSPS) is 26.5. The van der Waals surface area contributed by atoms with Gasteiger partial charge in [0, 0.05) is 6.42 Å². The van der Waals surface area contributed by atoms with Crippen LogP contribution in [-0.4, -0.2) is 12.4 Å². The molecule has 2 unspecified atom stereocenters. The summed E-state index contributed by atoms with van der Waals surface area (Å²) in [5.41, 5.74) is 0. The average Bonchev–Trinajstić information content (AvgIpc) is 2.78. The van der Waals surface area contributed by atoms with Crippen LogP contribution in [0.25, 0.3) is 0 Å². The van der Waals surface area contributed by atoms with Crippen molar-refractivity contribution in [2.75, 3.05) is 0 Å². The molecular formula is C12H16O3. The van der Waals surface area contributed by atoms with Crippen molar-refractivity contribution >= 4 is 6.29 Å². The van der Waals surface area contributed by atoms with E-state index in [1.807, 2.05) is 12.1 Å². The molecule has 0 aliphatic carbocycles. The molecule has 1 fully saturated rings. The van der Waals surface area contributed by atoms with Gasteiger partial charge in [-0.2, -0.15) is 0 Å². The molecule has 15 heavy (non-hydrogen) atoms. The van der Waals surface area contributed by atoms with Gasteiger partial charge in [0.15, 0.2) is 0 Å². The molecule has 2 atom stereocenters. The van der Waals surface area contributed by atoms with Crippen molar-refractivity contribution in [3.05, 3.63) is 23.7 Å². The van der Waals surface area contributed by atoms with Gasteiger partial charge in [0.1, 0.15) is 30.0 Å². The summed E-state index contributed by atoms with van der Waals surface area (Å²) in [6, 6.07) is 3.93. The van der Waals surface area contributed by atoms with E-state index in [0.717, 1.165) is 43.5 Å². The lowest BCUT2D eigenvalue weighted by Crippen LogP contribution is -2.23. The molecule has 1 saturated heterocycles. The van der Waals surface area contributed by atoms with Gasteiger partial charge in [-0.05, 0) is 31.4 Å². The zero-order valence-corrected chi connectivity index (χ0v) is 8.94. The highest BCUT2D eigenvalue weighted by molar-refractivity contribution is 5.56. The van der Waals surface area contributed by atoms with Crippen LogP contribution in [0, 0.1) is 0 Å². The molecule has 82 valence electrons. The molecule has 3 nitrogen and oxygen atoms in total. The van der Waals surface area contributed by atoms with Crippen LogP contribution in [0.15, 0.2) is 16.5 Å². The largest absolute Gasteiger partial charge is 0.463 e. The van der Waals surface area contributed by atoms with E-state index in [1.54, 1.807) is 0 Å². The van der Waals surface area contributed by atoms with E-state index < -0.39 is 0 Å². The Morgan fingerprint density at radius 2 is 2.33 bits per heavy atom. The number of ether oxygens (including phenoxy) is 1. The highest BCUT2D eigenvalue weighted by Gasteiger charge is 2.25. The predicted octanol–water partition coefficient (Wildman–Crippen LogP) is 2.65. The molecule has 0 aromatic carbocycles. The van der Waals surface area contributed by atoms with Crippen molar-refractivity contribution in [1.29, 1.82) is 0 Å². The van der Waals surface area contributed by atoms with E-state index in [9.17, 15) is 4.79 Å². The second-order valence-corrected chi connectivity index (χ2v) is 3.89. The first-order chi connectivity index (χ1) is 7.33. The molecule has 1 aromatic rings. The number of hydrogen-bond donors (Lipinski definition) is 0. The molecule has 1 aliphatic rings. The highest BCUT2D eigenvalue weighted by Crippen LogP contribution is 2.31. The minimum absolute atomic E-state index is 0.0331. The summed E-state index contributed by atoms with van der Waals surface area (Å²) < 4.78 is 11.2. The Hall–Kier alpha value is -1.09. The van der Waals surface area contributed by atoms with E-state index in [0.29, 0.717) is 0 Å². The lowest BCUT2D eigenvalue weighted by Gasteiger charge is -2.25. The summed E-state index contributed by atoms with van der Waals surface area (Å²) in [4.78, 5) is 10.6. The minimum Gasteiger partial charge on any atom is -0.463 e. The fourth-order valence-corrected chi connectivity index (χ4v) is 1.92. The van der Waals surface area contributed by atoms with Gasteiger partial charge in [0.05, 0.1) is 0 Å². The van der Waals surface area contributed by atoms with E-state index in [1.165, 1.54) is 0 Å². The predicted molar refractivity (Wildman–Crippen MR) is 55.6 cm³/mol. The molecule has 1 aromatic heterocycles. The summed E-state index contributed by atoms with van der Waals surface area (Å²) in [6.45, 7) is 2.05. The van der Waals surface area contributed by atoms with Crippen LogP contribution < -0.4 is 0 Å². The fourth-order valence-electron chi connectivity index (χ4n) is 1.92. The highest BCUT2D eigenvalue weighted by atomic mass is 16.5. The molecule has 2 rings (SSSR count). The monoisotopic (exact) mass is 208 g/mol. The fraction of sp³-hybridized carbons (Fsp3) is 0.583. The molecule has 0 radical (unpaired) electrons. The average molecular weight is 208 g/mol. The van der Waals surface area contributed by atoms with Gasteiger partial charge in [-0.3, -0.25) is 0 Å². The Balaban J connectivity index is 2.06. The zero-order valence-electron chi connectivity index (χ0n) is 8.94. The first-order valence-electron chi connectivity index (χ1n) is 5.53. The van der Waals surface area contributed by atoms with E-state index in [-0.39, 0.29) is 12.2 Å². The number of hydrogen-bond acceptors (Lipinski definition) is 3. The number of furan rings is 1. The molecule has 2 heterocycles. The molecular weight excluding hydrogens is 192 g/mol. The maximum atomic E-state index is 10.6. The van der Waals surface area contributed by atoms with Crippen molar-refractivity contribution in [3.63, 3.8) is 0 Å². The van der Waals surface area contributed by atoms with Crippen LogP contribution in [0.1, 0.15) is 43.8 Å². The lowest BCUT2D eigenvalue weighted by atomic mass is 10.0. The van der Waals surface area contributed by atoms with Crippen LogP contribution in [0.4, 0.5) is 0 Å². The van der Waals surface area contributed by atoms with Crippen molar-refractivity contribution in [1.82, 2.24) is 0 Å². The van der Waals surface area contributed by atoms with Crippen molar-refractivity contribution in [3.8, 4) is 0 Å². The first kappa shape index (κ1) is 10.4. The van der Waals surface area contributed by atoms with Crippen molar-refractivity contribution in [2.24, 2.45) is 0 Å². The third-order valence-corrected chi connectivity index (χ3v) is 2.79. The van der Waals surface area contributed by atoms with Crippen LogP contribution >= 0.6 is 0 Å². The number of aryl methyl sites for hydroxylation is 1. The summed E-state index contributed by atoms with van der Waals surface area (Å²) in [7, 11) is 0. The molecule has 3 heteroatoms. The van der Waals surface area contributed by atoms with Gasteiger partial charge in [0.2, 0.25) is 0 Å². The SMILES string of the molecule is CCc1ccc(C2CCCC(C=O)O2)o1. The summed E-state index contributed by atoms with van der Waals surface area (Å²) in [6.07, 6.45) is 4.30. The van der Waals surface area contributed by atoms with Crippen molar-refractivity contribution in [2.45, 2.75) is 44.8 Å². The molecule has 0 bridgehead atoms. The number of aldehydes is 1. The van der Waals surface area contributed by atoms with E-state index in [2.05, 4.69) is 6.92 Å². The van der Waals surface area contributed by atoms with E-state index in [4.69, 9.17) is 9.15 Å². The Labute approximate surface area is 89.4 Å². The summed E-state index contributed by atoms with van der Waals surface area (Å²) in [5, 5.41) is 0. The smallest absolute Gasteiger partial charge is 0.148 e. The standard InChI is InChI=1S/C12H16O3/c1-2-9-6-7-12(14-9)11-5-3-4-10(8-13)15-11/h6-8,10-11H,2-5H2,1H3. The van der Waals surface area contributed by atoms with Crippen LogP contribution in [-0.2, 0) is 16.0 Å². The van der Waals surface area contributed by atoms with Crippen LogP contribution in [0.2, 0.25) is 0 Å². The molecule has 0 saturated carbocycles. The zero-order chi connectivity index (χ0) is 10.7. The molecule has 1 aliphatic heterocycles. The van der Waals surface area contributed by atoms with Gasteiger partial charge in [-0.25, -0.2) is 0 Å². The quantitative estimate of drug-likeness (QED) is 0.717. The van der Waals surface area contributed by atoms with Crippen LogP contribution in [0.5, 0.6) is 0 Å². The Morgan fingerprint density at radius 1 is 1.47 bits per heavy atom. The maximum absolute atomic E-state index is 10.6. The maximum Gasteiger partial charge on any atom is 0.148 e. The molecule has 0 amide bonds. The second-order valence-electron chi connectivity index (χ2n) is 3.89.